The van der Waals surface area contributed by atoms with Crippen LogP contribution in [0, 0.1) is 5.92 Å². The standard InChI is InChI=1S/C36H76P/c1-6-11-16-17-18-19-20-21-22-23-24-25-26-27-34-37(32-14-9-4,33-15-10-5)35-28-31-36(29-12-7-2)30-13-8-3/h36H,6-35H2,1-5H3/q+1. The Morgan fingerprint density at radius 1 is 0.297 bits per heavy atom. The van der Waals surface area contributed by atoms with Crippen molar-refractivity contribution in [3.63, 3.8) is 0 Å². The summed E-state index contributed by atoms with van der Waals surface area (Å²) < 4.78 is 0. The van der Waals surface area contributed by atoms with E-state index >= 15 is 0 Å². The van der Waals surface area contributed by atoms with Gasteiger partial charge in [0.15, 0.2) is 0 Å². The van der Waals surface area contributed by atoms with Crippen molar-refractivity contribution in [2.75, 3.05) is 24.6 Å². The largest absolute Gasteiger partial charge is 0.0654 e. The van der Waals surface area contributed by atoms with E-state index in [1.165, 1.54) is 148 Å². The molecule has 0 heterocycles. The normalized spacial score (nSPS) is 12.2. The van der Waals surface area contributed by atoms with E-state index in [4.69, 9.17) is 0 Å². The van der Waals surface area contributed by atoms with Gasteiger partial charge in [-0.1, -0.05) is 163 Å². The summed E-state index contributed by atoms with van der Waals surface area (Å²) in [5, 5.41) is 0. The molecule has 0 aliphatic heterocycles. The van der Waals surface area contributed by atoms with Crippen LogP contribution in [0.4, 0.5) is 0 Å². The van der Waals surface area contributed by atoms with E-state index in [1.54, 1.807) is 43.9 Å². The second kappa shape index (κ2) is 29.4. The molecule has 0 aromatic carbocycles. The first kappa shape index (κ1) is 37.4. The van der Waals surface area contributed by atoms with Gasteiger partial charge in [0.2, 0.25) is 0 Å². The van der Waals surface area contributed by atoms with Gasteiger partial charge in [0.05, 0.1) is 24.6 Å². The van der Waals surface area contributed by atoms with E-state index in [0.717, 1.165) is 5.92 Å². The van der Waals surface area contributed by atoms with Crippen molar-refractivity contribution in [2.45, 2.75) is 202 Å². The lowest BCUT2D eigenvalue weighted by molar-refractivity contribution is 0.390. The van der Waals surface area contributed by atoms with Crippen molar-refractivity contribution in [1.82, 2.24) is 0 Å². The molecule has 0 unspecified atom stereocenters. The van der Waals surface area contributed by atoms with Crippen LogP contribution < -0.4 is 0 Å². The zero-order valence-electron chi connectivity index (χ0n) is 27.2. The summed E-state index contributed by atoms with van der Waals surface area (Å²) in [6, 6.07) is 0. The first-order chi connectivity index (χ1) is 18.2. The second-order valence-electron chi connectivity index (χ2n) is 12.8. The first-order valence-electron chi connectivity index (χ1n) is 18.0. The molecule has 0 spiro atoms. The van der Waals surface area contributed by atoms with Crippen molar-refractivity contribution >= 4 is 7.26 Å². The zero-order valence-corrected chi connectivity index (χ0v) is 28.1. The summed E-state index contributed by atoms with van der Waals surface area (Å²) >= 11 is 0. The second-order valence-corrected chi connectivity index (χ2v) is 17.3. The average molecular weight is 540 g/mol. The molecule has 0 amide bonds. The minimum absolute atomic E-state index is 0.722. The van der Waals surface area contributed by atoms with Gasteiger partial charge in [-0.25, -0.2) is 0 Å². The summed E-state index contributed by atoms with van der Waals surface area (Å²) in [7, 11) is -0.722. The van der Waals surface area contributed by atoms with Gasteiger partial charge in [0, 0.05) is 7.26 Å². The monoisotopic (exact) mass is 540 g/mol. The Morgan fingerprint density at radius 2 is 0.595 bits per heavy atom. The van der Waals surface area contributed by atoms with Crippen LogP contribution in [0.25, 0.3) is 0 Å². The molecule has 0 saturated carbocycles. The highest BCUT2D eigenvalue weighted by Crippen LogP contribution is 2.61. The van der Waals surface area contributed by atoms with Crippen LogP contribution in [0.2, 0.25) is 0 Å². The quantitative estimate of drug-likeness (QED) is 0.0607. The van der Waals surface area contributed by atoms with E-state index in [2.05, 4.69) is 34.6 Å². The number of hydrogen-bond donors (Lipinski definition) is 0. The van der Waals surface area contributed by atoms with Gasteiger partial charge in [0.25, 0.3) is 0 Å². The average Bonchev–Trinajstić information content (AvgIpc) is 2.91. The Labute approximate surface area is 239 Å². The van der Waals surface area contributed by atoms with Crippen molar-refractivity contribution in [3.05, 3.63) is 0 Å². The van der Waals surface area contributed by atoms with Gasteiger partial charge < -0.3 is 0 Å². The lowest BCUT2D eigenvalue weighted by Crippen LogP contribution is -2.14. The summed E-state index contributed by atoms with van der Waals surface area (Å²) in [6.45, 7) is 11.9. The molecule has 0 aliphatic rings. The topological polar surface area (TPSA) is 0 Å². The third kappa shape index (κ3) is 24.0. The van der Waals surface area contributed by atoms with Crippen LogP contribution in [0.3, 0.4) is 0 Å². The molecule has 37 heavy (non-hydrogen) atoms. The lowest BCUT2D eigenvalue weighted by atomic mass is 9.92. The minimum Gasteiger partial charge on any atom is -0.0654 e. The molecule has 1 heteroatoms. The maximum absolute atomic E-state index is 2.42. The summed E-state index contributed by atoms with van der Waals surface area (Å²) in [6.07, 6.45) is 44.9. The molecular weight excluding hydrogens is 463 g/mol. The Kier molecular flexibility index (Phi) is 29.8. The Hall–Kier alpha value is 0.430. The third-order valence-corrected chi connectivity index (χ3v) is 14.2. The Bertz CT molecular complexity index is 401. The van der Waals surface area contributed by atoms with E-state index in [9.17, 15) is 0 Å². The van der Waals surface area contributed by atoms with Crippen LogP contribution in [-0.2, 0) is 0 Å². The van der Waals surface area contributed by atoms with Crippen LogP contribution in [0.5, 0.6) is 0 Å². The summed E-state index contributed by atoms with van der Waals surface area (Å²) in [5.41, 5.74) is 0. The van der Waals surface area contributed by atoms with Gasteiger partial charge in [-0.05, 0) is 44.4 Å². The smallest absolute Gasteiger partial charge is 0.0594 e. The molecule has 0 N–H and O–H groups in total. The van der Waals surface area contributed by atoms with Gasteiger partial charge in [-0.3, -0.25) is 0 Å². The fourth-order valence-electron chi connectivity index (χ4n) is 6.43. The molecule has 224 valence electrons. The predicted octanol–water partition coefficient (Wildman–Crippen LogP) is 13.9. The van der Waals surface area contributed by atoms with Crippen molar-refractivity contribution < 1.29 is 0 Å². The number of hydrogen-bond acceptors (Lipinski definition) is 0. The molecule has 0 aliphatic carbocycles. The van der Waals surface area contributed by atoms with Crippen molar-refractivity contribution in [2.24, 2.45) is 5.92 Å². The van der Waals surface area contributed by atoms with E-state index in [-0.39, 0.29) is 0 Å². The molecular formula is C36H76P+. The zero-order chi connectivity index (χ0) is 27.3. The van der Waals surface area contributed by atoms with E-state index in [1.807, 2.05) is 0 Å². The third-order valence-electron chi connectivity index (χ3n) is 9.13. The molecule has 0 rings (SSSR count). The Balaban J connectivity index is 4.33. The minimum atomic E-state index is -0.722. The van der Waals surface area contributed by atoms with Crippen molar-refractivity contribution in [1.29, 1.82) is 0 Å². The van der Waals surface area contributed by atoms with E-state index in [0.29, 0.717) is 0 Å². The van der Waals surface area contributed by atoms with Gasteiger partial charge in [-0.15, -0.1) is 0 Å². The number of rotatable bonds is 31. The fraction of sp³-hybridized carbons (Fsp3) is 1.00. The molecule has 0 saturated heterocycles. The highest BCUT2D eigenvalue weighted by molar-refractivity contribution is 7.75. The predicted molar refractivity (Wildman–Crippen MR) is 178 cm³/mol. The van der Waals surface area contributed by atoms with Crippen LogP contribution >= 0.6 is 7.26 Å². The molecule has 0 aromatic rings. The van der Waals surface area contributed by atoms with Crippen LogP contribution in [0.15, 0.2) is 0 Å². The maximum Gasteiger partial charge on any atom is 0.0594 e. The highest BCUT2D eigenvalue weighted by atomic mass is 31.2. The molecule has 0 fully saturated rings. The molecule has 0 atom stereocenters. The fourth-order valence-corrected chi connectivity index (χ4v) is 11.5. The first-order valence-corrected chi connectivity index (χ1v) is 20.6. The van der Waals surface area contributed by atoms with E-state index < -0.39 is 7.26 Å². The van der Waals surface area contributed by atoms with Gasteiger partial charge >= 0.3 is 0 Å². The molecule has 0 aromatic heterocycles. The molecule has 0 bridgehead atoms. The van der Waals surface area contributed by atoms with Crippen LogP contribution in [-0.4, -0.2) is 24.6 Å². The SMILES string of the molecule is CCCCCCCCCCCCCCCC[P+](CCCC)(CCCC)CCCC(CCCC)CCCC. The highest BCUT2D eigenvalue weighted by Gasteiger charge is 2.35. The summed E-state index contributed by atoms with van der Waals surface area (Å²) in [5.74, 6) is 1.03. The van der Waals surface area contributed by atoms with Crippen molar-refractivity contribution in [3.8, 4) is 0 Å². The van der Waals surface area contributed by atoms with Gasteiger partial charge in [0.1, 0.15) is 0 Å². The Morgan fingerprint density at radius 3 is 1.00 bits per heavy atom. The maximum atomic E-state index is 2.42. The lowest BCUT2D eigenvalue weighted by Gasteiger charge is -2.29. The van der Waals surface area contributed by atoms with Gasteiger partial charge in [-0.2, -0.15) is 0 Å². The molecule has 0 nitrogen and oxygen atoms in total. The van der Waals surface area contributed by atoms with Crippen LogP contribution in [0.1, 0.15) is 202 Å². The summed E-state index contributed by atoms with van der Waals surface area (Å²) in [4.78, 5) is 0. The molecule has 0 radical (unpaired) electrons. The number of unbranched alkanes of at least 4 members (excludes halogenated alkanes) is 17.